The number of aliphatic imine (C=N–C) groups is 1. The molecule has 0 spiro atoms. The first-order valence-electron chi connectivity index (χ1n) is 11.5. The second kappa shape index (κ2) is 10.9. The van der Waals surface area contributed by atoms with Gasteiger partial charge in [-0.3, -0.25) is 9.79 Å². The molecule has 2 heterocycles. The Kier molecular flexibility index (Phi) is 7.69. The van der Waals surface area contributed by atoms with E-state index in [2.05, 4.69) is 26.3 Å². The zero-order valence-corrected chi connectivity index (χ0v) is 20.0. The van der Waals surface area contributed by atoms with Crippen LogP contribution < -0.4 is 26.0 Å². The van der Waals surface area contributed by atoms with Gasteiger partial charge in [0.2, 0.25) is 5.44 Å². The van der Waals surface area contributed by atoms with E-state index in [-0.39, 0.29) is 11.8 Å². The average Bonchev–Trinajstić information content (AvgIpc) is 3.35. The average molecular weight is 486 g/mol. The number of nitrogens with one attached hydrogen (secondary N) is 4. The summed E-state index contributed by atoms with van der Waals surface area (Å²) in [5, 5.41) is 12.5. The van der Waals surface area contributed by atoms with Crippen LogP contribution in [-0.2, 0) is 16.4 Å². The van der Waals surface area contributed by atoms with E-state index in [4.69, 9.17) is 4.74 Å². The van der Waals surface area contributed by atoms with Crippen LogP contribution in [0.25, 0.3) is 0 Å². The zero-order chi connectivity index (χ0) is 24.0. The third-order valence-electron chi connectivity index (χ3n) is 5.90. The number of ether oxygens (including phenoxy) is 1. The van der Waals surface area contributed by atoms with Gasteiger partial charge in [0, 0.05) is 36.5 Å². The monoisotopic (exact) mass is 485 g/mol. The minimum atomic E-state index is -3.38. The number of carbonyl (C=O) groups excluding carboxylic acids is 1. The van der Waals surface area contributed by atoms with E-state index in [1.54, 1.807) is 24.3 Å². The molecule has 2 aliphatic heterocycles. The number of anilines is 1. The fourth-order valence-corrected chi connectivity index (χ4v) is 5.33. The highest BCUT2D eigenvalue weighted by Gasteiger charge is 2.33. The molecule has 0 radical (unpaired) electrons. The second-order valence-electron chi connectivity index (χ2n) is 8.59. The lowest BCUT2D eigenvalue weighted by atomic mass is 9.99. The fraction of sp³-hybridized carbons (Fsp3) is 0.417. The van der Waals surface area contributed by atoms with Crippen LogP contribution in [0.5, 0.6) is 5.75 Å². The fourth-order valence-electron chi connectivity index (χ4n) is 4.08. The first-order chi connectivity index (χ1) is 16.4. The molecule has 0 aliphatic carbocycles. The summed E-state index contributed by atoms with van der Waals surface area (Å²) in [7, 11) is -3.38. The van der Waals surface area contributed by atoms with Crippen LogP contribution in [0, 0.1) is 5.92 Å². The third-order valence-corrected chi connectivity index (χ3v) is 7.23. The molecule has 182 valence electrons. The predicted octanol–water partition coefficient (Wildman–Crippen LogP) is 1.74. The Labute approximate surface area is 200 Å². The molecule has 0 saturated carbocycles. The van der Waals surface area contributed by atoms with Gasteiger partial charge in [-0.25, -0.2) is 8.42 Å². The Morgan fingerprint density at radius 2 is 1.79 bits per heavy atom. The van der Waals surface area contributed by atoms with Crippen molar-refractivity contribution in [2.45, 2.75) is 24.8 Å². The van der Waals surface area contributed by atoms with Crippen LogP contribution in [-0.4, -0.2) is 58.2 Å². The number of piperidine rings is 1. The molecule has 1 atom stereocenters. The van der Waals surface area contributed by atoms with Gasteiger partial charge in [0.15, 0.2) is 15.8 Å². The van der Waals surface area contributed by atoms with Crippen LogP contribution in [0.2, 0.25) is 0 Å². The minimum Gasteiger partial charge on any atom is -0.474 e. The van der Waals surface area contributed by atoms with Crippen molar-refractivity contribution < 1.29 is 17.9 Å². The highest BCUT2D eigenvalue weighted by Crippen LogP contribution is 2.25. The van der Waals surface area contributed by atoms with Crippen LogP contribution >= 0.6 is 0 Å². The predicted molar refractivity (Wildman–Crippen MR) is 133 cm³/mol. The smallest absolute Gasteiger partial charge is 0.251 e. The van der Waals surface area contributed by atoms with E-state index in [0.29, 0.717) is 17.9 Å². The molecule has 1 fully saturated rings. The highest BCUT2D eigenvalue weighted by molar-refractivity contribution is 7.91. The van der Waals surface area contributed by atoms with E-state index >= 15 is 0 Å². The molecule has 4 rings (SSSR count). The third kappa shape index (κ3) is 6.48. The molecule has 4 N–H and O–H groups in total. The van der Waals surface area contributed by atoms with Gasteiger partial charge in [-0.15, -0.1) is 0 Å². The van der Waals surface area contributed by atoms with E-state index in [9.17, 15) is 13.2 Å². The maximum Gasteiger partial charge on any atom is 0.251 e. The Balaban J connectivity index is 1.31. The van der Waals surface area contributed by atoms with Gasteiger partial charge in [-0.2, -0.15) is 0 Å². The van der Waals surface area contributed by atoms with Crippen LogP contribution in [0.1, 0.15) is 28.8 Å². The Bertz CT molecular complexity index is 1110. The van der Waals surface area contributed by atoms with Gasteiger partial charge in [0.1, 0.15) is 5.75 Å². The van der Waals surface area contributed by atoms with Gasteiger partial charge >= 0.3 is 0 Å². The first kappa shape index (κ1) is 24.0. The number of guanidine groups is 1. The van der Waals surface area contributed by atoms with Crippen molar-refractivity contribution in [2.75, 3.05) is 37.8 Å². The lowest BCUT2D eigenvalue weighted by Gasteiger charge is -2.29. The van der Waals surface area contributed by atoms with Crippen molar-refractivity contribution in [1.82, 2.24) is 16.0 Å². The summed E-state index contributed by atoms with van der Waals surface area (Å²) in [6.07, 6.45) is 2.71. The summed E-state index contributed by atoms with van der Waals surface area (Å²) in [5.74, 6) is 0.946. The van der Waals surface area contributed by atoms with Crippen molar-refractivity contribution in [1.29, 1.82) is 0 Å². The minimum absolute atomic E-state index is 0.0526. The van der Waals surface area contributed by atoms with Crippen molar-refractivity contribution in [2.24, 2.45) is 10.9 Å². The van der Waals surface area contributed by atoms with E-state index < -0.39 is 15.3 Å². The topological polar surface area (TPSA) is 121 Å². The molecule has 1 amide bonds. The standard InChI is InChI=1S/C24H31N5O4S/c1-34(31,32)23(19-10-12-25-13-11-19)33-21-8-4-18(5-9-21)22(30)28-16-17-2-6-20(7-3-17)29-24-26-14-15-27-24/h2-9,19,23,25H,10-16H2,1H3,(H,28,30)(H2,26,27,29). The van der Waals surface area contributed by atoms with Gasteiger partial charge < -0.3 is 26.0 Å². The Morgan fingerprint density at radius 3 is 2.41 bits per heavy atom. The van der Waals surface area contributed by atoms with Crippen LogP contribution in [0.3, 0.4) is 0 Å². The van der Waals surface area contributed by atoms with Crippen molar-refractivity contribution in [3.8, 4) is 5.75 Å². The van der Waals surface area contributed by atoms with Gasteiger partial charge in [-0.1, -0.05) is 12.1 Å². The molecule has 0 bridgehead atoms. The molecule has 2 aromatic rings. The summed E-state index contributed by atoms with van der Waals surface area (Å²) in [5.41, 5.74) is 1.49. The SMILES string of the molecule is CS(=O)(=O)C(Oc1ccc(C(=O)NCc2ccc(NC3=NCCN3)cc2)cc1)C1CCNCC1. The maximum atomic E-state index is 12.6. The van der Waals surface area contributed by atoms with Crippen molar-refractivity contribution in [3.05, 3.63) is 59.7 Å². The number of hydrogen-bond donors (Lipinski definition) is 4. The Hall–Kier alpha value is -3.11. The molecule has 9 nitrogen and oxygen atoms in total. The number of amides is 1. The molecule has 34 heavy (non-hydrogen) atoms. The number of carbonyl (C=O) groups is 1. The van der Waals surface area contributed by atoms with Gasteiger partial charge in [0.05, 0.1) is 6.54 Å². The number of nitrogens with zero attached hydrogens (tertiary/aromatic N) is 1. The van der Waals surface area contributed by atoms with Crippen molar-refractivity contribution >= 4 is 27.4 Å². The van der Waals surface area contributed by atoms with Gasteiger partial charge in [0.25, 0.3) is 5.91 Å². The molecule has 0 aromatic heterocycles. The Morgan fingerprint density at radius 1 is 1.09 bits per heavy atom. The summed E-state index contributed by atoms with van der Waals surface area (Å²) in [6.45, 7) is 3.57. The zero-order valence-electron chi connectivity index (χ0n) is 19.2. The maximum absolute atomic E-state index is 12.6. The van der Waals surface area contributed by atoms with Gasteiger partial charge in [-0.05, 0) is 67.9 Å². The molecule has 1 unspecified atom stereocenters. The number of hydrogen-bond acceptors (Lipinski definition) is 8. The number of benzene rings is 2. The normalized spacial score (nSPS) is 17.4. The summed E-state index contributed by atoms with van der Waals surface area (Å²) < 4.78 is 30.5. The lowest BCUT2D eigenvalue weighted by Crippen LogP contribution is -2.41. The number of sulfone groups is 1. The molecule has 1 saturated heterocycles. The first-order valence-corrected chi connectivity index (χ1v) is 13.4. The molecule has 2 aliphatic rings. The summed E-state index contributed by atoms with van der Waals surface area (Å²) in [6, 6.07) is 14.4. The van der Waals surface area contributed by atoms with Crippen LogP contribution in [0.4, 0.5) is 5.69 Å². The highest BCUT2D eigenvalue weighted by atomic mass is 32.2. The molecular formula is C24H31N5O4S. The quantitative estimate of drug-likeness (QED) is 0.449. The second-order valence-corrected chi connectivity index (χ2v) is 10.7. The number of rotatable bonds is 8. The summed E-state index contributed by atoms with van der Waals surface area (Å²) in [4.78, 5) is 16.9. The summed E-state index contributed by atoms with van der Waals surface area (Å²) >= 11 is 0. The van der Waals surface area contributed by atoms with E-state index in [1.165, 1.54) is 6.26 Å². The lowest BCUT2D eigenvalue weighted by molar-refractivity contribution is 0.0950. The largest absolute Gasteiger partial charge is 0.474 e. The van der Waals surface area contributed by atoms with Crippen LogP contribution in [0.15, 0.2) is 53.5 Å². The van der Waals surface area contributed by atoms with E-state index in [1.807, 2.05) is 24.3 Å². The molecule has 10 heteroatoms. The van der Waals surface area contributed by atoms with E-state index in [0.717, 1.165) is 56.2 Å². The molecular weight excluding hydrogens is 454 g/mol. The van der Waals surface area contributed by atoms with Crippen molar-refractivity contribution in [3.63, 3.8) is 0 Å². The molecule has 2 aromatic carbocycles.